The predicted octanol–water partition coefficient (Wildman–Crippen LogP) is 2.83. The lowest BCUT2D eigenvalue weighted by atomic mass is 9.98. The summed E-state index contributed by atoms with van der Waals surface area (Å²) in [5.41, 5.74) is 1.13. The number of carbonyl (C=O) groups is 2. The van der Waals surface area contributed by atoms with Gasteiger partial charge in [0, 0.05) is 31.4 Å². The first-order chi connectivity index (χ1) is 14.7. The van der Waals surface area contributed by atoms with Gasteiger partial charge < -0.3 is 15.4 Å². The van der Waals surface area contributed by atoms with Crippen LogP contribution in [0.25, 0.3) is 0 Å². The molecule has 2 N–H and O–H groups in total. The van der Waals surface area contributed by atoms with Crippen molar-refractivity contribution in [1.29, 1.82) is 0 Å². The van der Waals surface area contributed by atoms with E-state index in [2.05, 4.69) is 10.6 Å². The fourth-order valence-electron chi connectivity index (χ4n) is 3.45. The minimum atomic E-state index is -4.04. The van der Waals surface area contributed by atoms with E-state index in [-0.39, 0.29) is 35.5 Å². The Morgan fingerprint density at radius 2 is 1.74 bits per heavy atom. The van der Waals surface area contributed by atoms with Crippen LogP contribution in [0.2, 0.25) is 0 Å². The minimum absolute atomic E-state index is 0.0161. The van der Waals surface area contributed by atoms with Crippen LogP contribution in [-0.2, 0) is 19.6 Å². The average molecular weight is 450 g/mol. The molecule has 1 saturated heterocycles. The molecule has 10 heteroatoms. The lowest BCUT2D eigenvalue weighted by Crippen LogP contribution is -2.43. The first-order valence-corrected chi connectivity index (χ1v) is 11.2. The van der Waals surface area contributed by atoms with Crippen LogP contribution in [-0.4, -0.2) is 44.7 Å². The molecule has 1 fully saturated rings. The van der Waals surface area contributed by atoms with Gasteiger partial charge in [-0.15, -0.1) is 0 Å². The highest BCUT2D eigenvalue weighted by Crippen LogP contribution is 2.30. The number of rotatable bonds is 6. The van der Waals surface area contributed by atoms with Gasteiger partial charge in [0.25, 0.3) is 0 Å². The Balaban J connectivity index is 1.72. The molecule has 0 radical (unpaired) electrons. The van der Waals surface area contributed by atoms with E-state index in [1.54, 1.807) is 24.3 Å². The number of sulfonamides is 1. The molecule has 0 spiro atoms. The molecule has 1 aliphatic rings. The molecule has 8 nitrogen and oxygen atoms in total. The third-order valence-corrected chi connectivity index (χ3v) is 6.86. The third kappa shape index (κ3) is 5.39. The van der Waals surface area contributed by atoms with Gasteiger partial charge in [0.1, 0.15) is 16.5 Å². The number of anilines is 2. The molecule has 0 aliphatic carbocycles. The molecule has 2 amide bonds. The van der Waals surface area contributed by atoms with Crippen LogP contribution < -0.4 is 15.4 Å². The highest BCUT2D eigenvalue weighted by Gasteiger charge is 2.35. The number of piperidine rings is 1. The predicted molar refractivity (Wildman–Crippen MR) is 114 cm³/mol. The van der Waals surface area contributed by atoms with Gasteiger partial charge >= 0.3 is 0 Å². The number of nitrogens with one attached hydrogen (secondary N) is 2. The summed E-state index contributed by atoms with van der Waals surface area (Å²) < 4.78 is 46.1. The number of halogens is 1. The molecule has 0 saturated carbocycles. The average Bonchev–Trinajstić information content (AvgIpc) is 2.74. The highest BCUT2D eigenvalue weighted by atomic mass is 32.2. The van der Waals surface area contributed by atoms with Crippen molar-refractivity contribution in [1.82, 2.24) is 4.31 Å². The van der Waals surface area contributed by atoms with Gasteiger partial charge in [0.15, 0.2) is 0 Å². The van der Waals surface area contributed by atoms with Crippen molar-refractivity contribution in [2.24, 2.45) is 5.92 Å². The molecule has 0 aromatic heterocycles. The zero-order valence-electron chi connectivity index (χ0n) is 17.2. The van der Waals surface area contributed by atoms with Gasteiger partial charge in [0.05, 0.1) is 13.0 Å². The highest BCUT2D eigenvalue weighted by molar-refractivity contribution is 7.89. The molecule has 0 bridgehead atoms. The van der Waals surface area contributed by atoms with E-state index in [0.29, 0.717) is 24.2 Å². The Labute approximate surface area is 180 Å². The summed E-state index contributed by atoms with van der Waals surface area (Å²) in [7, 11) is -2.72. The number of hydrogen-bond acceptors (Lipinski definition) is 5. The maximum absolute atomic E-state index is 13.7. The molecule has 2 aromatic carbocycles. The van der Waals surface area contributed by atoms with Crippen LogP contribution in [0.5, 0.6) is 5.75 Å². The molecule has 1 atom stereocenters. The van der Waals surface area contributed by atoms with Gasteiger partial charge in [0.2, 0.25) is 21.8 Å². The monoisotopic (exact) mass is 449 g/mol. The topological polar surface area (TPSA) is 105 Å². The van der Waals surface area contributed by atoms with Crippen LogP contribution in [0.15, 0.2) is 47.4 Å². The van der Waals surface area contributed by atoms with Gasteiger partial charge in [-0.1, -0.05) is 0 Å². The van der Waals surface area contributed by atoms with E-state index in [0.717, 1.165) is 12.1 Å². The Morgan fingerprint density at radius 3 is 2.35 bits per heavy atom. The zero-order valence-corrected chi connectivity index (χ0v) is 18.0. The number of carbonyl (C=O) groups excluding carboxylic acids is 2. The smallest absolute Gasteiger partial charge is 0.246 e. The summed E-state index contributed by atoms with van der Waals surface area (Å²) in [6, 6.07) is 9.93. The fourth-order valence-corrected chi connectivity index (χ4v) is 5.14. The standard InChI is InChI=1S/C21H24FN3O5S/c1-14(26)23-17-6-8-18(9-7-17)24-21(27)15-4-3-11-25(13-15)31(28,29)20-12-16(22)5-10-19(20)30-2/h5-10,12,15H,3-4,11,13H2,1-2H3,(H,23,26)(H,24,27)/t15-/m0/s1. The van der Waals surface area contributed by atoms with Crippen molar-refractivity contribution in [2.75, 3.05) is 30.8 Å². The van der Waals surface area contributed by atoms with Crippen LogP contribution in [0.1, 0.15) is 19.8 Å². The van der Waals surface area contributed by atoms with Crippen molar-refractivity contribution in [2.45, 2.75) is 24.7 Å². The number of hydrogen-bond donors (Lipinski definition) is 2. The van der Waals surface area contributed by atoms with E-state index in [1.807, 2.05) is 0 Å². The molecule has 166 valence electrons. The van der Waals surface area contributed by atoms with Crippen molar-refractivity contribution in [3.8, 4) is 5.75 Å². The maximum Gasteiger partial charge on any atom is 0.246 e. The first-order valence-electron chi connectivity index (χ1n) is 9.73. The second-order valence-electron chi connectivity index (χ2n) is 7.25. The SMILES string of the molecule is COc1ccc(F)cc1S(=O)(=O)N1CCC[C@H](C(=O)Nc2ccc(NC(C)=O)cc2)C1. The Hall–Kier alpha value is -2.98. The van der Waals surface area contributed by atoms with Crippen molar-refractivity contribution in [3.63, 3.8) is 0 Å². The van der Waals surface area contributed by atoms with Crippen LogP contribution >= 0.6 is 0 Å². The lowest BCUT2D eigenvalue weighted by Gasteiger charge is -2.31. The first kappa shape index (κ1) is 22.7. The molecule has 1 heterocycles. The zero-order chi connectivity index (χ0) is 22.6. The summed E-state index contributed by atoms with van der Waals surface area (Å²) in [6.07, 6.45) is 1.03. The Morgan fingerprint density at radius 1 is 1.10 bits per heavy atom. The second-order valence-corrected chi connectivity index (χ2v) is 9.15. The van der Waals surface area contributed by atoms with E-state index in [1.165, 1.54) is 24.4 Å². The quantitative estimate of drug-likeness (QED) is 0.706. The second kappa shape index (κ2) is 9.44. The van der Waals surface area contributed by atoms with Crippen LogP contribution in [0.3, 0.4) is 0 Å². The minimum Gasteiger partial charge on any atom is -0.495 e. The van der Waals surface area contributed by atoms with Crippen LogP contribution in [0, 0.1) is 11.7 Å². The number of benzene rings is 2. The van der Waals surface area contributed by atoms with Gasteiger partial charge in [-0.3, -0.25) is 9.59 Å². The van der Waals surface area contributed by atoms with E-state index in [4.69, 9.17) is 4.74 Å². The molecule has 1 aliphatic heterocycles. The van der Waals surface area contributed by atoms with Gasteiger partial charge in [-0.25, -0.2) is 12.8 Å². The number of nitrogens with zero attached hydrogens (tertiary/aromatic N) is 1. The van der Waals surface area contributed by atoms with Gasteiger partial charge in [-0.05, 0) is 55.3 Å². The van der Waals surface area contributed by atoms with Crippen LogP contribution in [0.4, 0.5) is 15.8 Å². The van der Waals surface area contributed by atoms with E-state index in [9.17, 15) is 22.4 Å². The van der Waals surface area contributed by atoms with Gasteiger partial charge in [-0.2, -0.15) is 4.31 Å². The van der Waals surface area contributed by atoms with E-state index >= 15 is 0 Å². The summed E-state index contributed by atoms with van der Waals surface area (Å²) in [4.78, 5) is 23.6. The molecular weight excluding hydrogens is 425 g/mol. The van der Waals surface area contributed by atoms with Crippen molar-refractivity contribution in [3.05, 3.63) is 48.3 Å². The number of methoxy groups -OCH3 is 1. The Bertz CT molecular complexity index is 1070. The van der Waals surface area contributed by atoms with Crippen molar-refractivity contribution >= 4 is 33.2 Å². The largest absolute Gasteiger partial charge is 0.495 e. The third-order valence-electron chi connectivity index (χ3n) is 4.97. The lowest BCUT2D eigenvalue weighted by molar-refractivity contribution is -0.121. The molecule has 2 aromatic rings. The summed E-state index contributed by atoms with van der Waals surface area (Å²) in [5, 5.41) is 5.42. The molecule has 3 rings (SSSR count). The summed E-state index contributed by atoms with van der Waals surface area (Å²) >= 11 is 0. The van der Waals surface area contributed by atoms with Crippen molar-refractivity contribution < 1.29 is 27.1 Å². The Kier molecular flexibility index (Phi) is 6.91. The maximum atomic E-state index is 13.7. The normalized spacial score (nSPS) is 17.1. The van der Waals surface area contributed by atoms with E-state index < -0.39 is 21.8 Å². The summed E-state index contributed by atoms with van der Waals surface area (Å²) in [5.74, 6) is -1.70. The number of ether oxygens (including phenoxy) is 1. The molecule has 0 unspecified atom stereocenters. The summed E-state index contributed by atoms with van der Waals surface area (Å²) in [6.45, 7) is 1.62. The molecular formula is C21H24FN3O5S. The molecule has 31 heavy (non-hydrogen) atoms. The number of amides is 2. The fraction of sp³-hybridized carbons (Fsp3) is 0.333.